The minimum absolute atomic E-state index is 0.00723. The zero-order valence-electron chi connectivity index (χ0n) is 33.6. The number of ether oxygens (including phenoxy) is 4. The van der Waals surface area contributed by atoms with Gasteiger partial charge in [0.15, 0.2) is 36.0 Å². The molecule has 7 rings (SSSR count). The predicted molar refractivity (Wildman–Crippen MR) is 218 cm³/mol. The Hall–Kier alpha value is -4.08. The fourth-order valence-corrected chi connectivity index (χ4v) is 8.91. The Morgan fingerprint density at radius 2 is 1.28 bits per heavy atom. The molecular formula is C38H42Cl3F6N7O6S. The minimum Gasteiger partial charge on any atom is -0.457 e. The first-order chi connectivity index (χ1) is 28.3. The van der Waals surface area contributed by atoms with Crippen molar-refractivity contribution in [3.63, 3.8) is 0 Å². The van der Waals surface area contributed by atoms with E-state index in [9.17, 15) is 33.4 Å². The highest BCUT2D eigenvalue weighted by Crippen LogP contribution is 3.02. The van der Waals surface area contributed by atoms with Crippen molar-refractivity contribution in [3.05, 3.63) is 69.4 Å². The normalized spacial score (nSPS) is 25.7. The molecule has 0 radical (unpaired) electrons. The van der Waals surface area contributed by atoms with Gasteiger partial charge < -0.3 is 24.3 Å². The first-order valence-corrected chi connectivity index (χ1v) is 22.1. The third kappa shape index (κ3) is 9.78. The maximum absolute atomic E-state index is 14.6. The molecule has 2 aliphatic heterocycles. The van der Waals surface area contributed by atoms with Gasteiger partial charge in [0.2, 0.25) is 0 Å². The Bertz CT molecular complexity index is 2480. The number of halogens is 9. The second-order valence-corrected chi connectivity index (χ2v) is 18.5. The maximum atomic E-state index is 14.6. The lowest BCUT2D eigenvalue weighted by atomic mass is 9.98. The van der Waals surface area contributed by atoms with Crippen molar-refractivity contribution >= 4 is 84.7 Å². The molecule has 0 bridgehead atoms. The molecule has 6 heterocycles. The Morgan fingerprint density at radius 1 is 0.803 bits per heavy atom. The van der Waals surface area contributed by atoms with Crippen molar-refractivity contribution in [2.45, 2.75) is 109 Å². The van der Waals surface area contributed by atoms with Crippen LogP contribution in [-0.2, 0) is 28.5 Å². The van der Waals surface area contributed by atoms with Crippen LogP contribution in [0.1, 0.15) is 85.4 Å². The number of carbonyl (C=O) groups is 2. The molecule has 5 aromatic rings. The van der Waals surface area contributed by atoms with Gasteiger partial charge in [-0.1, -0.05) is 88.0 Å². The lowest BCUT2D eigenvalue weighted by molar-refractivity contribution is -0.154. The molecule has 61 heavy (non-hydrogen) atoms. The van der Waals surface area contributed by atoms with Crippen molar-refractivity contribution in [1.82, 2.24) is 29.5 Å². The van der Waals surface area contributed by atoms with Gasteiger partial charge in [-0.2, -0.15) is 10.2 Å². The summed E-state index contributed by atoms with van der Waals surface area (Å²) >= 11 is 18.4. The number of fused-ring (bicyclic) bond motifs is 2. The smallest absolute Gasteiger partial charge is 0.310 e. The van der Waals surface area contributed by atoms with Crippen molar-refractivity contribution in [2.24, 2.45) is 11.8 Å². The van der Waals surface area contributed by atoms with Gasteiger partial charge in [-0.15, -0.1) is 0 Å². The van der Waals surface area contributed by atoms with E-state index in [1.54, 1.807) is 16.9 Å². The summed E-state index contributed by atoms with van der Waals surface area (Å²) in [5.41, 5.74) is 0.776. The van der Waals surface area contributed by atoms with E-state index in [0.29, 0.717) is 39.6 Å². The van der Waals surface area contributed by atoms with E-state index < -0.39 is 57.6 Å². The molecule has 13 nitrogen and oxygen atoms in total. The fourth-order valence-electron chi connectivity index (χ4n) is 7.59. The average Bonchev–Trinajstić information content (AvgIpc) is 3.91. The van der Waals surface area contributed by atoms with Gasteiger partial charge in [-0.25, -0.2) is 23.7 Å². The third-order valence-corrected chi connectivity index (χ3v) is 12.4. The Morgan fingerprint density at radius 3 is 1.74 bits per heavy atom. The number of benzene rings is 1. The highest BCUT2D eigenvalue weighted by Gasteiger charge is 2.65. The number of nitrogens with zero attached hydrogens (tertiary/aromatic N) is 6. The molecule has 2 fully saturated rings. The lowest BCUT2D eigenvalue weighted by Crippen LogP contribution is -2.30. The molecule has 2 saturated heterocycles. The molecule has 0 aliphatic carbocycles. The van der Waals surface area contributed by atoms with Gasteiger partial charge in [-0.05, 0) is 44.0 Å². The van der Waals surface area contributed by atoms with E-state index in [4.69, 9.17) is 53.8 Å². The molecule has 23 heteroatoms. The van der Waals surface area contributed by atoms with Crippen molar-refractivity contribution in [3.8, 4) is 0 Å². The van der Waals surface area contributed by atoms with E-state index in [0.717, 1.165) is 6.42 Å². The molecule has 0 saturated carbocycles. The van der Waals surface area contributed by atoms with Crippen LogP contribution in [0.4, 0.5) is 29.5 Å². The largest absolute Gasteiger partial charge is 0.457 e. The average molecular weight is 945 g/mol. The number of hydrogen-bond donors (Lipinski definition) is 1. The van der Waals surface area contributed by atoms with Crippen molar-refractivity contribution < 1.29 is 52.4 Å². The summed E-state index contributed by atoms with van der Waals surface area (Å²) in [6, 6.07) is 2.61. The molecule has 0 amide bonds. The quantitative estimate of drug-likeness (QED) is 0.0811. The zero-order valence-corrected chi connectivity index (χ0v) is 36.7. The number of anilines is 1. The number of esters is 2. The SMILES string of the molecule is CC[C@H]1O[C@@H](n2ncc3c(Cl)cc(Cl)nc32)[C@H](OC(C)=O)[C@@H]1C.CC[C@H]1O[C@@H](n2ncc3c(N[C@@H](C)c4ccc(S(F)(F)(F)(F)F)cc4F)cc(Cl)nc32)[C@H](OC(C)=O)[C@@H]1C. The molecule has 0 spiro atoms. The molecule has 334 valence electrons. The Kier molecular flexibility index (Phi) is 12.6. The molecule has 4 aromatic heterocycles. The van der Waals surface area contributed by atoms with Gasteiger partial charge in [-0.3, -0.25) is 9.59 Å². The highest BCUT2D eigenvalue weighted by molar-refractivity contribution is 8.45. The lowest BCUT2D eigenvalue weighted by Gasteiger charge is -2.40. The van der Waals surface area contributed by atoms with Gasteiger partial charge in [0.1, 0.15) is 21.0 Å². The molecule has 2 aliphatic rings. The number of hydrogen-bond acceptors (Lipinski definition) is 11. The van der Waals surface area contributed by atoms with Crippen LogP contribution < -0.4 is 5.32 Å². The summed E-state index contributed by atoms with van der Waals surface area (Å²) < 4.78 is 106. The van der Waals surface area contributed by atoms with Gasteiger partial charge in [0.05, 0.1) is 52.1 Å². The summed E-state index contributed by atoms with van der Waals surface area (Å²) in [6.45, 7) is 12.0. The molecular weight excluding hydrogens is 903 g/mol. The second kappa shape index (κ2) is 16.6. The molecule has 9 atom stereocenters. The summed E-state index contributed by atoms with van der Waals surface area (Å²) in [5, 5.41) is 13.4. The van der Waals surface area contributed by atoms with Crippen molar-refractivity contribution in [1.29, 1.82) is 0 Å². The van der Waals surface area contributed by atoms with E-state index in [1.165, 1.54) is 37.7 Å². The summed E-state index contributed by atoms with van der Waals surface area (Å²) in [4.78, 5) is 29.5. The molecule has 1 N–H and O–H groups in total. The van der Waals surface area contributed by atoms with Crippen LogP contribution >= 0.6 is 45.0 Å². The van der Waals surface area contributed by atoms with Crippen LogP contribution in [0, 0.1) is 17.7 Å². The van der Waals surface area contributed by atoms with Crippen molar-refractivity contribution in [2.75, 3.05) is 5.32 Å². The van der Waals surface area contributed by atoms with Gasteiger partial charge >= 0.3 is 22.2 Å². The first kappa shape index (κ1) is 46.4. The van der Waals surface area contributed by atoms with E-state index >= 15 is 0 Å². The monoisotopic (exact) mass is 943 g/mol. The maximum Gasteiger partial charge on any atom is 0.310 e. The highest BCUT2D eigenvalue weighted by atomic mass is 35.5. The van der Waals surface area contributed by atoms with Crippen LogP contribution in [0.5, 0.6) is 0 Å². The summed E-state index contributed by atoms with van der Waals surface area (Å²) in [5.74, 6) is -2.41. The number of rotatable bonds is 10. The van der Waals surface area contributed by atoms with E-state index in [2.05, 4.69) is 25.5 Å². The first-order valence-electron chi connectivity index (χ1n) is 19.0. The van der Waals surface area contributed by atoms with E-state index in [-0.39, 0.29) is 63.7 Å². The predicted octanol–water partition coefficient (Wildman–Crippen LogP) is 11.5. The van der Waals surface area contributed by atoms with Gasteiger partial charge in [0.25, 0.3) is 0 Å². The van der Waals surface area contributed by atoms with Gasteiger partial charge in [0, 0.05) is 31.2 Å². The van der Waals surface area contributed by atoms with E-state index in [1.807, 2.05) is 27.7 Å². The van der Waals surface area contributed by atoms with Crippen LogP contribution in [0.3, 0.4) is 0 Å². The minimum atomic E-state index is -10.0. The number of aromatic nitrogens is 6. The summed E-state index contributed by atoms with van der Waals surface area (Å²) in [6.07, 6.45) is 1.76. The summed E-state index contributed by atoms with van der Waals surface area (Å²) in [7, 11) is -10.0. The topological polar surface area (TPSA) is 145 Å². The number of pyridine rings is 2. The zero-order chi connectivity index (χ0) is 45.0. The van der Waals surface area contributed by atoms with Crippen LogP contribution in [-0.4, -0.2) is 65.9 Å². The molecule has 0 unspecified atom stereocenters. The molecule has 1 aromatic carbocycles. The number of carbonyl (C=O) groups excluding carboxylic acids is 2. The standard InChI is InChI=1S/C23H25ClF6N4O3S.C15H17Cl2N3O3/c1-5-19-11(2)21(36-13(4)35)23(37-19)34-22-16(10-31-34)18(9-20(24)33-22)32-12(3)15-7-6-14(8-17(15)25)38(26,27,28,29)30;1-4-11-7(2)13(22-8(3)21)15(23-11)20-14-9(6-18-20)10(16)5-12(17)19-14/h6-12,19,21,23H,5H2,1-4H3,(H,32,33);5-7,11,13,15H,4H2,1-3H3/t11-,12+,19-,21-,23-;7-,11-,13-,15-/m11/s1. The number of nitrogens with one attached hydrogen (secondary N) is 1. The van der Waals surface area contributed by atoms with Crippen LogP contribution in [0.25, 0.3) is 22.1 Å². The third-order valence-electron chi connectivity index (χ3n) is 10.6. The Labute approximate surface area is 361 Å². The van der Waals surface area contributed by atoms with Crippen LogP contribution in [0.15, 0.2) is 47.6 Å². The second-order valence-electron chi connectivity index (χ2n) is 14.9. The Balaban J connectivity index is 0.000000230. The fraction of sp³-hybridized carbons (Fsp3) is 0.474. The van der Waals surface area contributed by atoms with Crippen LogP contribution in [0.2, 0.25) is 15.3 Å².